The lowest BCUT2D eigenvalue weighted by Crippen LogP contribution is -1.97. The number of aryl methyl sites for hydroxylation is 2. The number of aromatic amines is 1. The highest BCUT2D eigenvalue weighted by atomic mass is 32.2. The Morgan fingerprint density at radius 3 is 2.65 bits per heavy atom. The molecule has 0 saturated carbocycles. The van der Waals surface area contributed by atoms with Crippen molar-refractivity contribution in [3.63, 3.8) is 0 Å². The molecule has 0 spiro atoms. The molecule has 11 heteroatoms. The standard InChI is InChI=1S/C15H13N5O5S/c1-7-13(8(2)25-19-7)9-3-10(5-11(4-9)20(23)24)14-16-15(18-17-14)26-6-12(21)22/h3-5H,6H2,1-2H3,(H,21,22)(H,16,17,18). The lowest BCUT2D eigenvalue weighted by atomic mass is 10.0. The summed E-state index contributed by atoms with van der Waals surface area (Å²) in [5.74, 6) is -0.309. The number of aliphatic carboxylic acids is 1. The number of hydrogen-bond donors (Lipinski definition) is 2. The van der Waals surface area contributed by atoms with Crippen LogP contribution in [0.5, 0.6) is 0 Å². The van der Waals surface area contributed by atoms with Crippen molar-refractivity contribution in [3.8, 4) is 22.5 Å². The molecule has 2 N–H and O–H groups in total. The van der Waals surface area contributed by atoms with E-state index in [1.165, 1.54) is 12.1 Å². The van der Waals surface area contributed by atoms with Crippen LogP contribution in [0, 0.1) is 24.0 Å². The highest BCUT2D eigenvalue weighted by Gasteiger charge is 2.19. The van der Waals surface area contributed by atoms with Crippen LogP contribution in [0.2, 0.25) is 0 Å². The number of carboxylic acid groups (broad SMARTS) is 1. The SMILES string of the molecule is Cc1noc(C)c1-c1cc(-c2nnc(SCC(=O)O)[nH]2)cc([N+](=O)[O-])c1. The number of carbonyl (C=O) groups is 1. The average molecular weight is 375 g/mol. The Labute approximate surface area is 150 Å². The predicted octanol–water partition coefficient (Wildman–Crippen LogP) is 2.83. The largest absolute Gasteiger partial charge is 0.481 e. The Morgan fingerprint density at radius 1 is 1.31 bits per heavy atom. The fourth-order valence-electron chi connectivity index (χ4n) is 2.46. The molecule has 0 radical (unpaired) electrons. The van der Waals surface area contributed by atoms with Gasteiger partial charge in [-0.3, -0.25) is 14.9 Å². The summed E-state index contributed by atoms with van der Waals surface area (Å²) in [4.78, 5) is 24.3. The summed E-state index contributed by atoms with van der Waals surface area (Å²) >= 11 is 0.974. The number of nitrogens with one attached hydrogen (secondary N) is 1. The Kier molecular flexibility index (Phi) is 4.71. The third kappa shape index (κ3) is 3.57. The molecule has 0 saturated heterocycles. The topological polar surface area (TPSA) is 148 Å². The predicted molar refractivity (Wildman–Crippen MR) is 91.8 cm³/mol. The van der Waals surface area contributed by atoms with Gasteiger partial charge in [-0.05, 0) is 25.5 Å². The van der Waals surface area contributed by atoms with Crippen molar-refractivity contribution in [2.75, 3.05) is 5.75 Å². The summed E-state index contributed by atoms with van der Waals surface area (Å²) in [7, 11) is 0. The number of nitrogens with zero attached hydrogens (tertiary/aromatic N) is 4. The van der Waals surface area contributed by atoms with Crippen LogP contribution in [0.25, 0.3) is 22.5 Å². The van der Waals surface area contributed by atoms with Crippen molar-refractivity contribution in [2.45, 2.75) is 19.0 Å². The fourth-order valence-corrected chi connectivity index (χ4v) is 2.99. The quantitative estimate of drug-likeness (QED) is 0.377. The molecule has 3 rings (SSSR count). The first kappa shape index (κ1) is 17.6. The highest BCUT2D eigenvalue weighted by Crippen LogP contribution is 2.33. The van der Waals surface area contributed by atoms with Crippen LogP contribution in [0.15, 0.2) is 27.9 Å². The minimum absolute atomic E-state index is 0.117. The molecule has 0 aliphatic carbocycles. The second kappa shape index (κ2) is 6.96. The number of H-pyrrole nitrogens is 1. The first-order valence-electron chi connectivity index (χ1n) is 7.35. The maximum atomic E-state index is 11.3. The number of rotatable bonds is 6. The lowest BCUT2D eigenvalue weighted by Gasteiger charge is -2.04. The molecular formula is C15H13N5O5S. The second-order valence-electron chi connectivity index (χ2n) is 5.39. The normalized spacial score (nSPS) is 10.8. The van der Waals surface area contributed by atoms with Crippen LogP contribution < -0.4 is 0 Å². The minimum Gasteiger partial charge on any atom is -0.481 e. The van der Waals surface area contributed by atoms with E-state index in [0.717, 1.165) is 11.8 Å². The number of carboxylic acids is 1. The average Bonchev–Trinajstić information content (AvgIpc) is 3.19. The van der Waals surface area contributed by atoms with Crippen LogP contribution >= 0.6 is 11.8 Å². The van der Waals surface area contributed by atoms with Crippen molar-refractivity contribution < 1.29 is 19.3 Å². The van der Waals surface area contributed by atoms with Crippen LogP contribution in [0.4, 0.5) is 5.69 Å². The lowest BCUT2D eigenvalue weighted by molar-refractivity contribution is -0.384. The second-order valence-corrected chi connectivity index (χ2v) is 6.35. The summed E-state index contributed by atoms with van der Waals surface area (Å²) in [6.07, 6.45) is 0. The summed E-state index contributed by atoms with van der Waals surface area (Å²) in [5, 5.41) is 32.0. The van der Waals surface area contributed by atoms with Gasteiger partial charge in [-0.25, -0.2) is 0 Å². The van der Waals surface area contributed by atoms with E-state index >= 15 is 0 Å². The zero-order valence-electron chi connectivity index (χ0n) is 13.7. The summed E-state index contributed by atoms with van der Waals surface area (Å²) < 4.78 is 5.14. The molecule has 0 aliphatic rings. The van der Waals surface area contributed by atoms with E-state index < -0.39 is 10.9 Å². The summed E-state index contributed by atoms with van der Waals surface area (Å²) in [6.45, 7) is 3.47. The van der Waals surface area contributed by atoms with Gasteiger partial charge in [0.05, 0.1) is 16.4 Å². The molecule has 26 heavy (non-hydrogen) atoms. The molecule has 0 fully saturated rings. The third-order valence-electron chi connectivity index (χ3n) is 3.52. The zero-order chi connectivity index (χ0) is 18.8. The van der Waals surface area contributed by atoms with Crippen molar-refractivity contribution >= 4 is 23.4 Å². The van der Waals surface area contributed by atoms with Crippen LogP contribution in [-0.4, -0.2) is 42.1 Å². The van der Waals surface area contributed by atoms with E-state index in [9.17, 15) is 14.9 Å². The molecule has 2 heterocycles. The monoisotopic (exact) mass is 375 g/mol. The maximum absolute atomic E-state index is 11.3. The van der Waals surface area contributed by atoms with Crippen molar-refractivity contribution in [2.24, 2.45) is 0 Å². The summed E-state index contributed by atoms with van der Waals surface area (Å²) in [6, 6.07) is 4.52. The number of hydrogen-bond acceptors (Lipinski definition) is 8. The van der Waals surface area contributed by atoms with Gasteiger partial charge in [-0.2, -0.15) is 0 Å². The van der Waals surface area contributed by atoms with Crippen molar-refractivity contribution in [1.82, 2.24) is 20.3 Å². The minimum atomic E-state index is -0.982. The number of non-ortho nitro benzene ring substituents is 1. The van der Waals surface area contributed by atoms with Gasteiger partial charge in [0.2, 0.25) is 0 Å². The Bertz CT molecular complexity index is 977. The molecule has 1 aromatic carbocycles. The molecule has 134 valence electrons. The van der Waals surface area contributed by atoms with Crippen LogP contribution in [0.1, 0.15) is 11.5 Å². The van der Waals surface area contributed by atoms with Gasteiger partial charge in [0.1, 0.15) is 5.76 Å². The first-order chi connectivity index (χ1) is 12.3. The third-order valence-corrected chi connectivity index (χ3v) is 4.37. The van der Waals surface area contributed by atoms with E-state index in [2.05, 4.69) is 20.3 Å². The Hall–Kier alpha value is -3.21. The molecule has 2 aromatic heterocycles. The van der Waals surface area contributed by atoms with Gasteiger partial charge in [-0.1, -0.05) is 16.9 Å². The van der Waals surface area contributed by atoms with Gasteiger partial charge < -0.3 is 14.6 Å². The van der Waals surface area contributed by atoms with Crippen LogP contribution in [-0.2, 0) is 4.79 Å². The van der Waals surface area contributed by atoms with Gasteiger partial charge in [0, 0.05) is 23.3 Å². The van der Waals surface area contributed by atoms with E-state index in [1.54, 1.807) is 19.9 Å². The summed E-state index contributed by atoms with van der Waals surface area (Å²) in [5.41, 5.74) is 2.19. The molecule has 3 aromatic rings. The number of benzene rings is 1. The number of thioether (sulfide) groups is 1. The van der Waals surface area contributed by atoms with Crippen molar-refractivity contribution in [3.05, 3.63) is 39.8 Å². The molecule has 0 amide bonds. The van der Waals surface area contributed by atoms with Gasteiger partial charge in [0.15, 0.2) is 11.0 Å². The molecule has 10 nitrogen and oxygen atoms in total. The van der Waals surface area contributed by atoms with Gasteiger partial charge in [-0.15, -0.1) is 10.2 Å². The molecule has 0 atom stereocenters. The molecule has 0 aliphatic heterocycles. The smallest absolute Gasteiger partial charge is 0.313 e. The van der Waals surface area contributed by atoms with E-state index in [-0.39, 0.29) is 11.4 Å². The maximum Gasteiger partial charge on any atom is 0.313 e. The van der Waals surface area contributed by atoms with E-state index in [0.29, 0.717) is 39.1 Å². The number of aromatic nitrogens is 4. The van der Waals surface area contributed by atoms with Gasteiger partial charge in [0.25, 0.3) is 5.69 Å². The van der Waals surface area contributed by atoms with E-state index in [1.807, 2.05) is 0 Å². The molecule has 0 bridgehead atoms. The first-order valence-corrected chi connectivity index (χ1v) is 8.34. The van der Waals surface area contributed by atoms with Gasteiger partial charge >= 0.3 is 5.97 Å². The Morgan fingerprint density at radius 2 is 2.04 bits per heavy atom. The Balaban J connectivity index is 2.05. The van der Waals surface area contributed by atoms with E-state index in [4.69, 9.17) is 9.63 Å². The molecule has 0 unspecified atom stereocenters. The highest BCUT2D eigenvalue weighted by molar-refractivity contribution is 7.99. The van der Waals surface area contributed by atoms with Crippen molar-refractivity contribution in [1.29, 1.82) is 0 Å². The fraction of sp³-hybridized carbons (Fsp3) is 0.200. The van der Waals surface area contributed by atoms with Crippen LogP contribution in [0.3, 0.4) is 0 Å². The number of nitro groups is 1. The molecular weight excluding hydrogens is 362 g/mol. The number of nitro benzene ring substituents is 1. The zero-order valence-corrected chi connectivity index (χ0v) is 14.5.